The van der Waals surface area contributed by atoms with Crippen LogP contribution in [-0.2, 0) is 0 Å². The normalized spacial score (nSPS) is 11.5. The highest BCUT2D eigenvalue weighted by Gasteiger charge is 2.07. The van der Waals surface area contributed by atoms with Crippen LogP contribution < -0.4 is 11.1 Å². The molecule has 0 saturated carbocycles. The lowest BCUT2D eigenvalue weighted by Crippen LogP contribution is -2.23. The van der Waals surface area contributed by atoms with Gasteiger partial charge in [-0.25, -0.2) is 8.78 Å². The van der Waals surface area contributed by atoms with Gasteiger partial charge < -0.3 is 11.1 Å². The highest BCUT2D eigenvalue weighted by atomic mass is 19.2. The lowest BCUT2D eigenvalue weighted by atomic mass is 10.3. The van der Waals surface area contributed by atoms with Crippen molar-refractivity contribution in [1.29, 1.82) is 0 Å². The number of nitrogens with zero attached hydrogens (tertiary/aromatic N) is 1. The summed E-state index contributed by atoms with van der Waals surface area (Å²) in [4.78, 5) is 3.78. The average molecular weight is 199 g/mol. The third-order valence-corrected chi connectivity index (χ3v) is 1.54. The maximum atomic E-state index is 13.1. The van der Waals surface area contributed by atoms with Gasteiger partial charge >= 0.3 is 0 Å². The summed E-state index contributed by atoms with van der Waals surface area (Å²) >= 11 is 0. The van der Waals surface area contributed by atoms with Gasteiger partial charge in [0.15, 0.2) is 17.6 Å². The first-order chi connectivity index (χ1) is 6.65. The Balaban J connectivity index is 2.87. The number of rotatable bonds is 2. The molecule has 0 aliphatic rings. The molecule has 5 heteroatoms. The maximum Gasteiger partial charge on any atom is 0.193 e. The van der Waals surface area contributed by atoms with Crippen LogP contribution in [0.25, 0.3) is 0 Å². The van der Waals surface area contributed by atoms with Gasteiger partial charge in [0.2, 0.25) is 0 Å². The standard InChI is InChI=1S/C9H11F2N3/c1-2-13-9(12)14-7-5-3-4-6(10)8(7)11/h3-5H,2H2,1H3,(H3,12,13,14). The fraction of sp³-hybridized carbons (Fsp3) is 0.222. The van der Waals surface area contributed by atoms with Crippen LogP contribution in [0.5, 0.6) is 0 Å². The third-order valence-electron chi connectivity index (χ3n) is 1.54. The Bertz CT molecular complexity index is 350. The van der Waals surface area contributed by atoms with Crippen LogP contribution in [0.1, 0.15) is 6.92 Å². The van der Waals surface area contributed by atoms with Gasteiger partial charge in [-0.05, 0) is 19.1 Å². The fourth-order valence-corrected chi connectivity index (χ4v) is 0.948. The number of benzene rings is 1. The number of hydrogen-bond donors (Lipinski definition) is 2. The lowest BCUT2D eigenvalue weighted by Gasteiger charge is -2.06. The van der Waals surface area contributed by atoms with E-state index in [0.29, 0.717) is 6.54 Å². The van der Waals surface area contributed by atoms with Gasteiger partial charge in [0.05, 0.1) is 5.69 Å². The molecule has 0 aromatic heterocycles. The van der Waals surface area contributed by atoms with Crippen LogP contribution in [0.3, 0.4) is 0 Å². The van der Waals surface area contributed by atoms with Crippen molar-refractivity contribution in [3.63, 3.8) is 0 Å². The molecule has 3 nitrogen and oxygen atoms in total. The number of aliphatic imine (C=N–C) groups is 1. The third kappa shape index (κ3) is 2.42. The summed E-state index contributed by atoms with van der Waals surface area (Å²) in [6.07, 6.45) is 0. The molecule has 0 saturated heterocycles. The summed E-state index contributed by atoms with van der Waals surface area (Å²) < 4.78 is 25.8. The molecule has 76 valence electrons. The Kier molecular flexibility index (Phi) is 3.39. The van der Waals surface area contributed by atoms with Gasteiger partial charge in [0, 0.05) is 6.54 Å². The molecule has 0 aliphatic carbocycles. The molecule has 0 radical (unpaired) electrons. The Morgan fingerprint density at radius 1 is 1.50 bits per heavy atom. The van der Waals surface area contributed by atoms with E-state index in [1.54, 1.807) is 6.92 Å². The molecular formula is C9H11F2N3. The van der Waals surface area contributed by atoms with Crippen molar-refractivity contribution in [2.45, 2.75) is 6.92 Å². The van der Waals surface area contributed by atoms with Crippen molar-refractivity contribution in [2.75, 3.05) is 11.9 Å². The van der Waals surface area contributed by atoms with E-state index >= 15 is 0 Å². The van der Waals surface area contributed by atoms with E-state index in [2.05, 4.69) is 10.3 Å². The van der Waals surface area contributed by atoms with Gasteiger partial charge in [-0.3, -0.25) is 4.99 Å². The predicted molar refractivity (Wildman–Crippen MR) is 52.1 cm³/mol. The van der Waals surface area contributed by atoms with Crippen molar-refractivity contribution in [3.05, 3.63) is 29.8 Å². The highest BCUT2D eigenvalue weighted by molar-refractivity contribution is 5.92. The fourth-order valence-electron chi connectivity index (χ4n) is 0.948. The van der Waals surface area contributed by atoms with E-state index in [9.17, 15) is 8.78 Å². The Morgan fingerprint density at radius 2 is 2.21 bits per heavy atom. The molecule has 0 aliphatic heterocycles. The summed E-state index contributed by atoms with van der Waals surface area (Å²) in [5, 5.41) is 2.46. The largest absolute Gasteiger partial charge is 0.370 e. The predicted octanol–water partition coefficient (Wildman–Crippen LogP) is 1.71. The molecule has 0 heterocycles. The molecule has 0 spiro atoms. The average Bonchev–Trinajstić information content (AvgIpc) is 2.13. The number of guanidine groups is 1. The van der Waals surface area contributed by atoms with Crippen LogP contribution in [0, 0.1) is 11.6 Å². The quantitative estimate of drug-likeness (QED) is 0.562. The summed E-state index contributed by atoms with van der Waals surface area (Å²) in [6.45, 7) is 2.27. The SMILES string of the molecule is CCN=C(N)Nc1cccc(F)c1F. The molecule has 14 heavy (non-hydrogen) atoms. The van der Waals surface area contributed by atoms with E-state index in [0.717, 1.165) is 6.07 Å². The molecule has 1 rings (SSSR count). The minimum atomic E-state index is -0.957. The Hall–Kier alpha value is -1.65. The van der Waals surface area contributed by atoms with Crippen LogP contribution in [0.2, 0.25) is 0 Å². The summed E-state index contributed by atoms with van der Waals surface area (Å²) in [7, 11) is 0. The Labute approximate surface area is 80.6 Å². The summed E-state index contributed by atoms with van der Waals surface area (Å²) in [5.74, 6) is -1.81. The zero-order valence-electron chi connectivity index (χ0n) is 7.72. The summed E-state index contributed by atoms with van der Waals surface area (Å²) in [5.41, 5.74) is 5.37. The number of nitrogens with two attached hydrogens (primary N) is 1. The minimum Gasteiger partial charge on any atom is -0.370 e. The molecule has 0 bridgehead atoms. The molecule has 0 fully saturated rings. The van der Waals surface area contributed by atoms with E-state index in [-0.39, 0.29) is 11.6 Å². The lowest BCUT2D eigenvalue weighted by molar-refractivity contribution is 0.512. The van der Waals surface area contributed by atoms with Crippen molar-refractivity contribution in [1.82, 2.24) is 0 Å². The molecule has 1 aromatic carbocycles. The van der Waals surface area contributed by atoms with Gasteiger partial charge in [-0.15, -0.1) is 0 Å². The molecule has 0 unspecified atom stereocenters. The molecule has 3 N–H and O–H groups in total. The number of halogens is 2. The topological polar surface area (TPSA) is 50.4 Å². The van der Waals surface area contributed by atoms with Crippen molar-refractivity contribution in [2.24, 2.45) is 10.7 Å². The van der Waals surface area contributed by atoms with Crippen molar-refractivity contribution in [3.8, 4) is 0 Å². The number of hydrogen-bond acceptors (Lipinski definition) is 1. The second kappa shape index (κ2) is 4.55. The summed E-state index contributed by atoms with van der Waals surface area (Å²) in [6, 6.07) is 3.81. The van der Waals surface area contributed by atoms with Crippen molar-refractivity contribution >= 4 is 11.6 Å². The molecular weight excluding hydrogens is 188 g/mol. The molecule has 0 amide bonds. The van der Waals surface area contributed by atoms with Crippen LogP contribution in [0.15, 0.2) is 23.2 Å². The number of nitrogens with one attached hydrogen (secondary N) is 1. The van der Waals surface area contributed by atoms with E-state index < -0.39 is 11.6 Å². The van der Waals surface area contributed by atoms with Gasteiger partial charge in [-0.1, -0.05) is 6.07 Å². The molecule has 1 aromatic rings. The van der Waals surface area contributed by atoms with Crippen LogP contribution in [-0.4, -0.2) is 12.5 Å². The molecule has 0 atom stereocenters. The zero-order chi connectivity index (χ0) is 10.6. The van der Waals surface area contributed by atoms with Gasteiger partial charge in [0.25, 0.3) is 0 Å². The monoisotopic (exact) mass is 199 g/mol. The van der Waals surface area contributed by atoms with E-state index in [1.807, 2.05) is 0 Å². The van der Waals surface area contributed by atoms with Gasteiger partial charge in [0.1, 0.15) is 0 Å². The second-order valence-corrected chi connectivity index (χ2v) is 2.59. The maximum absolute atomic E-state index is 13.1. The second-order valence-electron chi connectivity index (χ2n) is 2.59. The first-order valence-corrected chi connectivity index (χ1v) is 4.16. The highest BCUT2D eigenvalue weighted by Crippen LogP contribution is 2.15. The first kappa shape index (κ1) is 10.4. The van der Waals surface area contributed by atoms with Crippen LogP contribution >= 0.6 is 0 Å². The van der Waals surface area contributed by atoms with Crippen LogP contribution in [0.4, 0.5) is 14.5 Å². The van der Waals surface area contributed by atoms with Gasteiger partial charge in [-0.2, -0.15) is 0 Å². The number of anilines is 1. The van der Waals surface area contributed by atoms with E-state index in [1.165, 1.54) is 12.1 Å². The van der Waals surface area contributed by atoms with E-state index in [4.69, 9.17) is 5.73 Å². The smallest absolute Gasteiger partial charge is 0.193 e. The Morgan fingerprint density at radius 3 is 2.86 bits per heavy atom. The minimum absolute atomic E-state index is 0.0142. The van der Waals surface area contributed by atoms with Crippen molar-refractivity contribution < 1.29 is 8.78 Å². The first-order valence-electron chi connectivity index (χ1n) is 4.16. The zero-order valence-corrected chi connectivity index (χ0v) is 7.72.